The van der Waals surface area contributed by atoms with Gasteiger partial charge in [0.15, 0.2) is 0 Å². The van der Waals surface area contributed by atoms with Crippen LogP contribution in [0.1, 0.15) is 18.0 Å². The minimum absolute atomic E-state index is 0.460. The summed E-state index contributed by atoms with van der Waals surface area (Å²) in [5.41, 5.74) is 1.39. The van der Waals surface area contributed by atoms with E-state index in [2.05, 4.69) is 46.5 Å². The van der Waals surface area contributed by atoms with E-state index in [-0.39, 0.29) is 0 Å². The molecule has 0 aliphatic carbocycles. The van der Waals surface area contributed by atoms with Crippen LogP contribution in [-0.2, 0) is 0 Å². The molecule has 2 rings (SSSR count). The van der Waals surface area contributed by atoms with Crippen molar-refractivity contribution in [1.29, 1.82) is 0 Å². The summed E-state index contributed by atoms with van der Waals surface area (Å²) in [4.78, 5) is 2.56. The highest BCUT2D eigenvalue weighted by atomic mass is 32.2. The van der Waals surface area contributed by atoms with Crippen LogP contribution in [0.15, 0.2) is 30.3 Å². The van der Waals surface area contributed by atoms with Crippen LogP contribution in [0.4, 0.5) is 0 Å². The topological polar surface area (TPSA) is 15.3 Å². The summed E-state index contributed by atoms with van der Waals surface area (Å²) in [6, 6.07) is 11.2. The van der Waals surface area contributed by atoms with E-state index < -0.39 is 0 Å². The second-order valence-corrected chi connectivity index (χ2v) is 5.93. The maximum Gasteiger partial charge on any atom is 0.0545 e. The predicted octanol–water partition coefficient (Wildman–Crippen LogP) is 2.39. The molecule has 1 saturated heterocycles. The third-order valence-electron chi connectivity index (χ3n) is 3.42. The van der Waals surface area contributed by atoms with Gasteiger partial charge >= 0.3 is 0 Å². The van der Waals surface area contributed by atoms with Crippen LogP contribution in [0, 0.1) is 12.3 Å². The second-order valence-electron chi connectivity index (χ2n) is 4.83. The average Bonchev–Trinajstić information content (AvgIpc) is 2.70. The zero-order valence-corrected chi connectivity index (χ0v) is 12.2. The lowest BCUT2D eigenvalue weighted by atomic mass is 10.1. The number of nitrogens with zero attached hydrogens (tertiary/aromatic N) is 1. The zero-order chi connectivity index (χ0) is 13.3. The molecule has 1 fully saturated rings. The molecule has 1 aliphatic rings. The number of rotatable bonds is 5. The first-order valence-corrected chi connectivity index (χ1v) is 8.07. The van der Waals surface area contributed by atoms with Crippen molar-refractivity contribution >= 4 is 11.8 Å². The standard InChI is InChI=1S/C16H22N2S/c1-2-12-19-13-11-18-10-6-9-17-16(14-18)15-7-4-3-5-8-15/h1,3-5,7-8,16-17H,6,9-14H2. The Labute approximate surface area is 121 Å². The zero-order valence-electron chi connectivity index (χ0n) is 11.3. The number of hydrogen-bond acceptors (Lipinski definition) is 3. The summed E-state index contributed by atoms with van der Waals surface area (Å²) in [5, 5.41) is 3.65. The Morgan fingerprint density at radius 1 is 1.37 bits per heavy atom. The highest BCUT2D eigenvalue weighted by Gasteiger charge is 2.18. The molecule has 0 aromatic heterocycles. The minimum Gasteiger partial charge on any atom is -0.309 e. The van der Waals surface area contributed by atoms with Crippen molar-refractivity contribution in [3.63, 3.8) is 0 Å². The fourth-order valence-electron chi connectivity index (χ4n) is 2.43. The summed E-state index contributed by atoms with van der Waals surface area (Å²) in [6.07, 6.45) is 6.50. The van der Waals surface area contributed by atoms with E-state index in [4.69, 9.17) is 6.42 Å². The first kappa shape index (κ1) is 14.5. The molecule has 2 nitrogen and oxygen atoms in total. The molecule has 1 heterocycles. The molecular weight excluding hydrogens is 252 g/mol. The monoisotopic (exact) mass is 274 g/mol. The molecular formula is C16H22N2S. The molecule has 1 N–H and O–H groups in total. The Bertz CT molecular complexity index is 399. The predicted molar refractivity (Wildman–Crippen MR) is 84.4 cm³/mol. The summed E-state index contributed by atoms with van der Waals surface area (Å²) >= 11 is 1.85. The Morgan fingerprint density at radius 3 is 3.00 bits per heavy atom. The van der Waals surface area contributed by atoms with Crippen molar-refractivity contribution in [2.45, 2.75) is 12.5 Å². The van der Waals surface area contributed by atoms with Crippen molar-refractivity contribution < 1.29 is 0 Å². The van der Waals surface area contributed by atoms with E-state index in [0.717, 1.165) is 31.1 Å². The molecule has 1 unspecified atom stereocenters. The second kappa shape index (κ2) is 8.27. The fourth-order valence-corrected chi connectivity index (χ4v) is 3.08. The molecule has 0 bridgehead atoms. The van der Waals surface area contributed by atoms with Gasteiger partial charge < -0.3 is 10.2 Å². The van der Waals surface area contributed by atoms with Gasteiger partial charge in [-0.3, -0.25) is 0 Å². The third kappa shape index (κ3) is 4.91. The highest BCUT2D eigenvalue weighted by Crippen LogP contribution is 2.17. The summed E-state index contributed by atoms with van der Waals surface area (Å²) < 4.78 is 0. The smallest absolute Gasteiger partial charge is 0.0545 e. The molecule has 3 heteroatoms. The van der Waals surface area contributed by atoms with Crippen molar-refractivity contribution in [3.8, 4) is 12.3 Å². The molecule has 19 heavy (non-hydrogen) atoms. The lowest BCUT2D eigenvalue weighted by Gasteiger charge is -2.24. The van der Waals surface area contributed by atoms with Gasteiger partial charge in [-0.05, 0) is 25.1 Å². The van der Waals surface area contributed by atoms with Gasteiger partial charge in [-0.2, -0.15) is 0 Å². The quantitative estimate of drug-likeness (QED) is 0.655. The average molecular weight is 274 g/mol. The first-order chi connectivity index (χ1) is 9.40. The van der Waals surface area contributed by atoms with Crippen molar-refractivity contribution in [2.24, 2.45) is 0 Å². The van der Waals surface area contributed by atoms with Crippen LogP contribution >= 0.6 is 11.8 Å². The molecule has 1 aromatic rings. The minimum atomic E-state index is 0.460. The Kier molecular flexibility index (Phi) is 6.29. The number of benzene rings is 1. The lowest BCUT2D eigenvalue weighted by molar-refractivity contribution is 0.285. The number of terminal acetylenes is 1. The molecule has 1 aromatic carbocycles. The van der Waals surface area contributed by atoms with Crippen LogP contribution in [0.5, 0.6) is 0 Å². The number of nitrogens with one attached hydrogen (secondary N) is 1. The third-order valence-corrected chi connectivity index (χ3v) is 4.26. The van der Waals surface area contributed by atoms with E-state index in [1.54, 1.807) is 0 Å². The molecule has 0 radical (unpaired) electrons. The summed E-state index contributed by atoms with van der Waals surface area (Å²) in [5.74, 6) is 4.64. The fraction of sp³-hybridized carbons (Fsp3) is 0.500. The number of thioether (sulfide) groups is 1. The van der Waals surface area contributed by atoms with E-state index >= 15 is 0 Å². The maximum atomic E-state index is 5.28. The van der Waals surface area contributed by atoms with Gasteiger partial charge in [-0.25, -0.2) is 0 Å². The van der Waals surface area contributed by atoms with Crippen LogP contribution in [0.25, 0.3) is 0 Å². The van der Waals surface area contributed by atoms with Crippen molar-refractivity contribution in [3.05, 3.63) is 35.9 Å². The van der Waals surface area contributed by atoms with Crippen LogP contribution < -0.4 is 5.32 Å². The number of hydrogen-bond donors (Lipinski definition) is 1. The van der Waals surface area contributed by atoms with Gasteiger partial charge in [-0.1, -0.05) is 36.3 Å². The molecule has 0 amide bonds. The van der Waals surface area contributed by atoms with E-state index in [9.17, 15) is 0 Å². The largest absolute Gasteiger partial charge is 0.309 e. The van der Waals surface area contributed by atoms with Gasteiger partial charge in [-0.15, -0.1) is 18.2 Å². The van der Waals surface area contributed by atoms with Gasteiger partial charge in [0.2, 0.25) is 0 Å². The molecule has 0 spiro atoms. The van der Waals surface area contributed by atoms with Crippen molar-refractivity contribution in [2.75, 3.05) is 37.7 Å². The molecule has 1 aliphatic heterocycles. The van der Waals surface area contributed by atoms with Gasteiger partial charge in [0, 0.05) is 24.9 Å². The molecule has 1 atom stereocenters. The van der Waals surface area contributed by atoms with E-state index in [0.29, 0.717) is 6.04 Å². The highest BCUT2D eigenvalue weighted by molar-refractivity contribution is 7.99. The van der Waals surface area contributed by atoms with E-state index in [1.807, 2.05) is 11.8 Å². The summed E-state index contributed by atoms with van der Waals surface area (Å²) in [7, 11) is 0. The van der Waals surface area contributed by atoms with Crippen molar-refractivity contribution in [1.82, 2.24) is 10.2 Å². The molecule has 102 valence electrons. The van der Waals surface area contributed by atoms with Crippen LogP contribution in [0.3, 0.4) is 0 Å². The lowest BCUT2D eigenvalue weighted by Crippen LogP contribution is -2.32. The Morgan fingerprint density at radius 2 is 2.21 bits per heavy atom. The van der Waals surface area contributed by atoms with Crippen LogP contribution in [-0.4, -0.2) is 42.6 Å². The molecule has 0 saturated carbocycles. The van der Waals surface area contributed by atoms with Gasteiger partial charge in [0.05, 0.1) is 5.75 Å². The maximum absolute atomic E-state index is 5.28. The summed E-state index contributed by atoms with van der Waals surface area (Å²) in [6.45, 7) is 4.53. The van der Waals surface area contributed by atoms with E-state index in [1.165, 1.54) is 18.5 Å². The Balaban J connectivity index is 1.86. The van der Waals surface area contributed by atoms with Gasteiger partial charge in [0.25, 0.3) is 0 Å². The van der Waals surface area contributed by atoms with Gasteiger partial charge in [0.1, 0.15) is 0 Å². The first-order valence-electron chi connectivity index (χ1n) is 6.92. The normalized spacial score (nSPS) is 20.7. The van der Waals surface area contributed by atoms with Crippen LogP contribution in [0.2, 0.25) is 0 Å². The Hall–Kier alpha value is -0.950. The SMILES string of the molecule is C#CCSCCN1CCCNC(c2ccccc2)C1.